The zero-order valence-electron chi connectivity index (χ0n) is 6.68. The second kappa shape index (κ2) is 4.44. The zero-order valence-corrected chi connectivity index (χ0v) is 9.02. The minimum Gasteiger partial charge on any atom is -0.321 e. The Balaban J connectivity index is 2.89. The molecule has 1 rings (SSSR count). The van der Waals surface area contributed by atoms with Gasteiger partial charge in [-0.1, -0.05) is 34.1 Å². The Morgan fingerprint density at radius 3 is 2.85 bits per heavy atom. The molecule has 2 nitrogen and oxygen atoms in total. The molecule has 0 aliphatic heterocycles. The molecule has 0 fully saturated rings. The van der Waals surface area contributed by atoms with Gasteiger partial charge in [-0.15, -0.1) is 0 Å². The Bertz CT molecular complexity index is 351. The van der Waals surface area contributed by atoms with Crippen LogP contribution in [0.2, 0.25) is 5.02 Å². The molecule has 0 aliphatic rings. The number of halogens is 2. The molecule has 0 bridgehead atoms. The molecule has 0 atom stereocenters. The predicted molar refractivity (Wildman–Crippen MR) is 58.0 cm³/mol. The van der Waals surface area contributed by atoms with Gasteiger partial charge in [0.15, 0.2) is 0 Å². The average Bonchev–Trinajstić information content (AvgIpc) is 2.09. The Morgan fingerprint density at radius 2 is 2.31 bits per heavy atom. The summed E-state index contributed by atoms with van der Waals surface area (Å²) in [7, 11) is 0. The lowest BCUT2D eigenvalue weighted by atomic mass is 10.3. The van der Waals surface area contributed by atoms with Gasteiger partial charge in [0.2, 0.25) is 5.91 Å². The fourth-order valence-electron chi connectivity index (χ4n) is 0.775. The second-order valence-corrected chi connectivity index (χ2v) is 3.64. The van der Waals surface area contributed by atoms with Crippen LogP contribution < -0.4 is 5.32 Å². The normalized spacial score (nSPS) is 9.38. The van der Waals surface area contributed by atoms with Crippen LogP contribution in [0.3, 0.4) is 0 Å². The summed E-state index contributed by atoms with van der Waals surface area (Å²) in [4.78, 5) is 10.9. The summed E-state index contributed by atoms with van der Waals surface area (Å²) in [5.74, 6) is -0.274. The third kappa shape index (κ3) is 2.86. The standard InChI is InChI=1S/C9H7BrClNO/c1-2-9(13)12-8-4-3-6(10)5-7(8)11/h2-5H,1H2,(H,12,13). The highest BCUT2D eigenvalue weighted by atomic mass is 79.9. The number of nitrogens with one attached hydrogen (secondary N) is 1. The Hall–Kier alpha value is -0.800. The molecule has 13 heavy (non-hydrogen) atoms. The van der Waals surface area contributed by atoms with Crippen molar-refractivity contribution in [3.05, 3.63) is 40.3 Å². The predicted octanol–water partition coefficient (Wildman–Crippen LogP) is 3.23. The maximum atomic E-state index is 10.9. The number of benzene rings is 1. The smallest absolute Gasteiger partial charge is 0.247 e. The van der Waals surface area contributed by atoms with Crippen molar-refractivity contribution in [2.24, 2.45) is 0 Å². The fraction of sp³-hybridized carbons (Fsp3) is 0. The summed E-state index contributed by atoms with van der Waals surface area (Å²) in [5.41, 5.74) is 0.578. The topological polar surface area (TPSA) is 29.1 Å². The van der Waals surface area contributed by atoms with Gasteiger partial charge in [-0.3, -0.25) is 4.79 Å². The number of carbonyl (C=O) groups is 1. The summed E-state index contributed by atoms with van der Waals surface area (Å²) < 4.78 is 0.870. The number of rotatable bonds is 2. The summed E-state index contributed by atoms with van der Waals surface area (Å²) in [6.07, 6.45) is 1.19. The fourth-order valence-corrected chi connectivity index (χ4v) is 1.50. The average molecular weight is 261 g/mol. The van der Waals surface area contributed by atoms with Crippen LogP contribution in [0.1, 0.15) is 0 Å². The second-order valence-electron chi connectivity index (χ2n) is 2.32. The minimum absolute atomic E-state index is 0.274. The van der Waals surface area contributed by atoms with Crippen LogP contribution in [0.4, 0.5) is 5.69 Å². The van der Waals surface area contributed by atoms with Gasteiger partial charge >= 0.3 is 0 Å². The molecule has 0 unspecified atom stereocenters. The molecule has 0 saturated heterocycles. The first kappa shape index (κ1) is 10.3. The molecule has 1 N–H and O–H groups in total. The molecule has 0 spiro atoms. The van der Waals surface area contributed by atoms with Gasteiger partial charge in [0.05, 0.1) is 10.7 Å². The van der Waals surface area contributed by atoms with E-state index in [2.05, 4.69) is 27.8 Å². The van der Waals surface area contributed by atoms with Crippen molar-refractivity contribution in [3.63, 3.8) is 0 Å². The van der Waals surface area contributed by atoms with Gasteiger partial charge in [0, 0.05) is 4.47 Å². The SMILES string of the molecule is C=CC(=O)Nc1ccc(Br)cc1Cl. The lowest BCUT2D eigenvalue weighted by Crippen LogP contribution is -2.07. The van der Waals surface area contributed by atoms with Crippen LogP contribution in [0, 0.1) is 0 Å². The first-order valence-corrected chi connectivity index (χ1v) is 4.69. The van der Waals surface area contributed by atoms with Gasteiger partial charge in [0.1, 0.15) is 0 Å². The van der Waals surface area contributed by atoms with E-state index in [1.165, 1.54) is 6.08 Å². The van der Waals surface area contributed by atoms with Gasteiger partial charge in [0.25, 0.3) is 0 Å². The van der Waals surface area contributed by atoms with Gasteiger partial charge in [-0.25, -0.2) is 0 Å². The van der Waals surface area contributed by atoms with Crippen molar-refractivity contribution in [1.29, 1.82) is 0 Å². The van der Waals surface area contributed by atoms with Crippen LogP contribution in [-0.2, 0) is 4.79 Å². The van der Waals surface area contributed by atoms with Crippen molar-refractivity contribution in [2.75, 3.05) is 5.32 Å². The molecule has 0 aromatic heterocycles. The van der Waals surface area contributed by atoms with Crippen LogP contribution in [0.5, 0.6) is 0 Å². The largest absolute Gasteiger partial charge is 0.321 e. The van der Waals surface area contributed by atoms with E-state index in [0.29, 0.717) is 10.7 Å². The summed E-state index contributed by atoms with van der Waals surface area (Å²) >= 11 is 9.11. The van der Waals surface area contributed by atoms with Crippen molar-refractivity contribution in [2.45, 2.75) is 0 Å². The number of anilines is 1. The molecule has 0 heterocycles. The van der Waals surface area contributed by atoms with Crippen LogP contribution in [0.15, 0.2) is 35.3 Å². The highest BCUT2D eigenvalue weighted by Crippen LogP contribution is 2.25. The summed E-state index contributed by atoms with van der Waals surface area (Å²) in [6.45, 7) is 3.34. The van der Waals surface area contributed by atoms with E-state index in [4.69, 9.17) is 11.6 Å². The Morgan fingerprint density at radius 1 is 1.62 bits per heavy atom. The van der Waals surface area contributed by atoms with E-state index in [9.17, 15) is 4.79 Å². The third-order valence-electron chi connectivity index (χ3n) is 1.37. The van der Waals surface area contributed by atoms with Crippen LogP contribution in [0.25, 0.3) is 0 Å². The maximum Gasteiger partial charge on any atom is 0.247 e. The molecule has 4 heteroatoms. The van der Waals surface area contributed by atoms with Gasteiger partial charge in [-0.2, -0.15) is 0 Å². The molecular weight excluding hydrogens is 253 g/mol. The first-order chi connectivity index (χ1) is 6.13. The van der Waals surface area contributed by atoms with Gasteiger partial charge in [-0.05, 0) is 24.3 Å². The molecule has 1 aromatic rings. The van der Waals surface area contributed by atoms with E-state index >= 15 is 0 Å². The highest BCUT2D eigenvalue weighted by Gasteiger charge is 2.02. The van der Waals surface area contributed by atoms with Crippen molar-refractivity contribution < 1.29 is 4.79 Å². The van der Waals surface area contributed by atoms with Gasteiger partial charge < -0.3 is 5.32 Å². The van der Waals surface area contributed by atoms with E-state index in [0.717, 1.165) is 4.47 Å². The Kier molecular flexibility index (Phi) is 3.51. The van der Waals surface area contributed by atoms with Crippen LogP contribution >= 0.6 is 27.5 Å². The van der Waals surface area contributed by atoms with E-state index in [1.807, 2.05) is 0 Å². The lowest BCUT2D eigenvalue weighted by Gasteiger charge is -2.04. The lowest BCUT2D eigenvalue weighted by molar-refractivity contribution is -0.111. The summed E-state index contributed by atoms with van der Waals surface area (Å²) in [5, 5.41) is 3.07. The first-order valence-electron chi connectivity index (χ1n) is 3.52. The molecule has 0 radical (unpaired) electrons. The number of hydrogen-bond donors (Lipinski definition) is 1. The minimum atomic E-state index is -0.274. The molecular formula is C9H7BrClNO. The molecule has 0 saturated carbocycles. The van der Waals surface area contributed by atoms with E-state index < -0.39 is 0 Å². The Labute approximate surface area is 89.7 Å². The monoisotopic (exact) mass is 259 g/mol. The van der Waals surface area contributed by atoms with Crippen LogP contribution in [-0.4, -0.2) is 5.91 Å². The van der Waals surface area contributed by atoms with Crippen molar-refractivity contribution in [1.82, 2.24) is 0 Å². The van der Waals surface area contributed by atoms with E-state index in [1.54, 1.807) is 18.2 Å². The maximum absolute atomic E-state index is 10.9. The quantitative estimate of drug-likeness (QED) is 0.813. The molecule has 1 aromatic carbocycles. The van der Waals surface area contributed by atoms with Crippen molar-refractivity contribution in [3.8, 4) is 0 Å². The molecule has 68 valence electrons. The summed E-state index contributed by atoms with van der Waals surface area (Å²) in [6, 6.07) is 5.22. The highest BCUT2D eigenvalue weighted by molar-refractivity contribution is 9.10. The molecule has 0 aliphatic carbocycles. The number of amides is 1. The van der Waals surface area contributed by atoms with E-state index in [-0.39, 0.29) is 5.91 Å². The third-order valence-corrected chi connectivity index (χ3v) is 2.18. The number of carbonyl (C=O) groups excluding carboxylic acids is 1. The molecule has 1 amide bonds. The van der Waals surface area contributed by atoms with Crippen molar-refractivity contribution >= 4 is 39.1 Å². The zero-order chi connectivity index (χ0) is 9.84. The number of hydrogen-bond acceptors (Lipinski definition) is 1.